The molecular formula is C15H19NO3. The van der Waals surface area contributed by atoms with Crippen LogP contribution in [0.5, 0.6) is 0 Å². The number of aryl methyl sites for hydroxylation is 1. The molecule has 4 nitrogen and oxygen atoms in total. The van der Waals surface area contributed by atoms with Crippen molar-refractivity contribution in [1.29, 1.82) is 0 Å². The summed E-state index contributed by atoms with van der Waals surface area (Å²) >= 11 is 0. The van der Waals surface area contributed by atoms with E-state index in [4.69, 9.17) is 4.74 Å². The lowest BCUT2D eigenvalue weighted by Crippen LogP contribution is -2.19. The third-order valence-corrected chi connectivity index (χ3v) is 2.49. The molecule has 0 fully saturated rings. The van der Waals surface area contributed by atoms with Gasteiger partial charge in [-0.1, -0.05) is 13.8 Å². The highest BCUT2D eigenvalue weighted by atomic mass is 16.5. The Morgan fingerprint density at radius 2 is 2.05 bits per heavy atom. The Bertz CT molecular complexity index is 504. The number of aromatic nitrogens is 1. The Balaban J connectivity index is 3.15. The van der Waals surface area contributed by atoms with E-state index in [-0.39, 0.29) is 23.9 Å². The highest BCUT2D eigenvalue weighted by molar-refractivity contribution is 6.21. The van der Waals surface area contributed by atoms with E-state index in [1.165, 1.54) is 0 Å². The van der Waals surface area contributed by atoms with Gasteiger partial charge in [0.2, 0.25) is 0 Å². The van der Waals surface area contributed by atoms with E-state index in [1.54, 1.807) is 39.2 Å². The van der Waals surface area contributed by atoms with Gasteiger partial charge in [0.05, 0.1) is 6.61 Å². The van der Waals surface area contributed by atoms with Gasteiger partial charge in [-0.25, -0.2) is 4.79 Å². The number of ketones is 1. The first-order valence-corrected chi connectivity index (χ1v) is 6.30. The molecule has 0 radical (unpaired) electrons. The van der Waals surface area contributed by atoms with E-state index < -0.39 is 5.97 Å². The smallest absolute Gasteiger partial charge is 0.341 e. The Morgan fingerprint density at radius 3 is 2.58 bits per heavy atom. The second-order valence-corrected chi connectivity index (χ2v) is 4.59. The predicted molar refractivity (Wildman–Crippen MR) is 73.4 cm³/mol. The maximum absolute atomic E-state index is 12.1. The summed E-state index contributed by atoms with van der Waals surface area (Å²) in [4.78, 5) is 27.9. The molecule has 0 atom stereocenters. The Labute approximate surface area is 113 Å². The molecule has 19 heavy (non-hydrogen) atoms. The van der Waals surface area contributed by atoms with Crippen molar-refractivity contribution in [2.75, 3.05) is 6.61 Å². The van der Waals surface area contributed by atoms with Gasteiger partial charge in [-0.3, -0.25) is 9.78 Å². The van der Waals surface area contributed by atoms with Gasteiger partial charge in [0.1, 0.15) is 5.57 Å². The first-order valence-electron chi connectivity index (χ1n) is 6.30. The van der Waals surface area contributed by atoms with Crippen LogP contribution in [0.25, 0.3) is 6.08 Å². The Hall–Kier alpha value is -1.97. The lowest BCUT2D eigenvalue weighted by atomic mass is 9.99. The van der Waals surface area contributed by atoms with Crippen LogP contribution in [0.2, 0.25) is 0 Å². The summed E-state index contributed by atoms with van der Waals surface area (Å²) in [6.07, 6.45) is 4.87. The molecule has 1 rings (SSSR count). The standard InChI is InChI=1S/C15H19NO3/c1-5-19-15(18)13(14(17)10(2)3)7-12-6-11(4)8-16-9-12/h6-10H,5H2,1-4H3. The van der Waals surface area contributed by atoms with Crippen molar-refractivity contribution in [2.24, 2.45) is 5.92 Å². The van der Waals surface area contributed by atoms with E-state index in [0.29, 0.717) is 0 Å². The highest BCUT2D eigenvalue weighted by Gasteiger charge is 2.22. The minimum Gasteiger partial charge on any atom is -0.462 e. The summed E-state index contributed by atoms with van der Waals surface area (Å²) in [6, 6.07) is 1.86. The lowest BCUT2D eigenvalue weighted by molar-refractivity contribution is -0.140. The van der Waals surface area contributed by atoms with Crippen LogP contribution in [0.1, 0.15) is 31.9 Å². The Morgan fingerprint density at radius 1 is 1.37 bits per heavy atom. The van der Waals surface area contributed by atoms with Crippen LogP contribution >= 0.6 is 0 Å². The van der Waals surface area contributed by atoms with Gasteiger partial charge >= 0.3 is 5.97 Å². The van der Waals surface area contributed by atoms with E-state index >= 15 is 0 Å². The number of ether oxygens (including phenoxy) is 1. The number of Topliss-reactive ketones (excluding diaryl/α,β-unsaturated/α-hetero) is 1. The average molecular weight is 261 g/mol. The zero-order chi connectivity index (χ0) is 14.4. The monoisotopic (exact) mass is 261 g/mol. The molecule has 0 aliphatic carbocycles. The summed E-state index contributed by atoms with van der Waals surface area (Å²) in [5, 5.41) is 0. The summed E-state index contributed by atoms with van der Waals surface area (Å²) < 4.78 is 4.93. The number of carbonyl (C=O) groups is 2. The van der Waals surface area contributed by atoms with Crippen LogP contribution in [0.3, 0.4) is 0 Å². The van der Waals surface area contributed by atoms with E-state index in [2.05, 4.69) is 4.98 Å². The van der Waals surface area contributed by atoms with Crippen LogP contribution in [-0.4, -0.2) is 23.3 Å². The highest BCUT2D eigenvalue weighted by Crippen LogP contribution is 2.14. The molecule has 0 unspecified atom stereocenters. The second kappa shape index (κ2) is 6.83. The second-order valence-electron chi connectivity index (χ2n) is 4.59. The fraction of sp³-hybridized carbons (Fsp3) is 0.400. The van der Waals surface area contributed by atoms with Crippen LogP contribution in [0.15, 0.2) is 24.0 Å². The van der Waals surface area contributed by atoms with Crippen LogP contribution in [-0.2, 0) is 14.3 Å². The van der Waals surface area contributed by atoms with Gasteiger partial charge < -0.3 is 4.74 Å². The number of carbonyl (C=O) groups excluding carboxylic acids is 2. The van der Waals surface area contributed by atoms with Gasteiger partial charge in [-0.2, -0.15) is 0 Å². The summed E-state index contributed by atoms with van der Waals surface area (Å²) in [5.41, 5.74) is 1.76. The minimum absolute atomic E-state index is 0.0734. The first-order chi connectivity index (χ1) is 8.95. The van der Waals surface area contributed by atoms with Crippen molar-refractivity contribution < 1.29 is 14.3 Å². The molecule has 1 aromatic rings. The number of esters is 1. The Kier molecular flexibility index (Phi) is 5.42. The van der Waals surface area contributed by atoms with Crippen LogP contribution in [0, 0.1) is 12.8 Å². The molecular weight excluding hydrogens is 242 g/mol. The van der Waals surface area contributed by atoms with Crippen molar-refractivity contribution in [2.45, 2.75) is 27.7 Å². The van der Waals surface area contributed by atoms with Gasteiger partial charge in [0, 0.05) is 18.3 Å². The average Bonchev–Trinajstić information content (AvgIpc) is 2.35. The zero-order valence-electron chi connectivity index (χ0n) is 11.8. The molecule has 0 spiro atoms. The lowest BCUT2D eigenvalue weighted by Gasteiger charge is -2.08. The molecule has 1 heterocycles. The van der Waals surface area contributed by atoms with Crippen molar-refractivity contribution in [1.82, 2.24) is 4.98 Å². The minimum atomic E-state index is -0.581. The van der Waals surface area contributed by atoms with Gasteiger partial charge in [0.15, 0.2) is 5.78 Å². The van der Waals surface area contributed by atoms with Crippen LogP contribution in [0.4, 0.5) is 0 Å². The maximum atomic E-state index is 12.1. The molecule has 102 valence electrons. The number of hydrogen-bond donors (Lipinski definition) is 0. The molecule has 1 aromatic heterocycles. The normalized spacial score (nSPS) is 11.5. The topological polar surface area (TPSA) is 56.3 Å². The molecule has 0 aliphatic rings. The van der Waals surface area contributed by atoms with Gasteiger partial charge in [-0.05, 0) is 37.1 Å². The summed E-state index contributed by atoms with van der Waals surface area (Å²) in [6.45, 7) is 7.36. The van der Waals surface area contributed by atoms with E-state index in [0.717, 1.165) is 11.1 Å². The molecule has 0 aliphatic heterocycles. The fourth-order valence-electron chi connectivity index (χ4n) is 1.57. The third-order valence-electron chi connectivity index (χ3n) is 2.49. The summed E-state index contributed by atoms with van der Waals surface area (Å²) in [7, 11) is 0. The first kappa shape index (κ1) is 15.1. The molecule has 0 aromatic carbocycles. The number of pyridine rings is 1. The molecule has 0 bridgehead atoms. The van der Waals surface area contributed by atoms with Gasteiger partial charge in [0.25, 0.3) is 0 Å². The number of hydrogen-bond acceptors (Lipinski definition) is 4. The largest absolute Gasteiger partial charge is 0.462 e. The maximum Gasteiger partial charge on any atom is 0.341 e. The molecule has 0 N–H and O–H groups in total. The molecule has 0 saturated carbocycles. The van der Waals surface area contributed by atoms with Crippen molar-refractivity contribution in [3.8, 4) is 0 Å². The van der Waals surface area contributed by atoms with E-state index in [9.17, 15) is 9.59 Å². The fourth-order valence-corrected chi connectivity index (χ4v) is 1.57. The van der Waals surface area contributed by atoms with Crippen molar-refractivity contribution >= 4 is 17.8 Å². The zero-order valence-corrected chi connectivity index (χ0v) is 11.8. The molecule has 4 heteroatoms. The number of rotatable bonds is 5. The SMILES string of the molecule is CCOC(=O)C(=Cc1cncc(C)c1)C(=O)C(C)C. The number of nitrogens with zero attached hydrogens (tertiary/aromatic N) is 1. The summed E-state index contributed by atoms with van der Waals surface area (Å²) in [5.74, 6) is -1.06. The third kappa shape index (κ3) is 4.32. The quantitative estimate of drug-likeness (QED) is 0.354. The van der Waals surface area contributed by atoms with Crippen LogP contribution < -0.4 is 0 Å². The van der Waals surface area contributed by atoms with Crippen molar-refractivity contribution in [3.63, 3.8) is 0 Å². The van der Waals surface area contributed by atoms with Gasteiger partial charge in [-0.15, -0.1) is 0 Å². The predicted octanol–water partition coefficient (Wildman–Crippen LogP) is 2.56. The van der Waals surface area contributed by atoms with E-state index in [1.807, 2.05) is 13.0 Å². The molecule has 0 amide bonds. The molecule has 0 saturated heterocycles. The van der Waals surface area contributed by atoms with Crippen molar-refractivity contribution in [3.05, 3.63) is 35.2 Å².